The zero-order valence-corrected chi connectivity index (χ0v) is 22.2. The van der Waals surface area contributed by atoms with Gasteiger partial charge in [0.15, 0.2) is 4.80 Å². The van der Waals surface area contributed by atoms with Crippen molar-refractivity contribution in [2.24, 2.45) is 4.99 Å². The summed E-state index contributed by atoms with van der Waals surface area (Å²) in [5.74, 6) is 1.31. The number of fused-ring (bicyclic) bond motifs is 3. The summed E-state index contributed by atoms with van der Waals surface area (Å²) in [4.78, 5) is 19.8. The summed E-state index contributed by atoms with van der Waals surface area (Å²) >= 11 is 1.48. The Morgan fingerprint density at radius 3 is 2.51 bits per heavy atom. The highest BCUT2D eigenvalue weighted by molar-refractivity contribution is 7.07. The molecule has 1 aliphatic heterocycles. The lowest BCUT2D eigenvalue weighted by molar-refractivity contribution is 0.340. The molecule has 1 unspecified atom stereocenters. The molecular weight excluding hydrogens is 476 g/mol. The molecule has 0 spiro atoms. The smallest absolute Gasteiger partial charge is 0.271 e. The Kier molecular flexibility index (Phi) is 6.17. The van der Waals surface area contributed by atoms with Gasteiger partial charge in [-0.1, -0.05) is 85.8 Å². The molecule has 0 saturated heterocycles. The van der Waals surface area contributed by atoms with Crippen LogP contribution in [0.25, 0.3) is 11.8 Å². The van der Waals surface area contributed by atoms with Gasteiger partial charge in [-0.3, -0.25) is 9.36 Å². The molecule has 1 aromatic heterocycles. The van der Waals surface area contributed by atoms with Crippen molar-refractivity contribution in [1.29, 1.82) is 0 Å². The van der Waals surface area contributed by atoms with E-state index < -0.39 is 0 Å². The van der Waals surface area contributed by atoms with Gasteiger partial charge in [-0.2, -0.15) is 0 Å². The summed E-state index contributed by atoms with van der Waals surface area (Å²) in [5.41, 5.74) is 8.15. The van der Waals surface area contributed by atoms with Gasteiger partial charge in [0, 0.05) is 5.56 Å². The van der Waals surface area contributed by atoms with Gasteiger partial charge in [0.25, 0.3) is 5.56 Å². The van der Waals surface area contributed by atoms with Crippen molar-refractivity contribution < 1.29 is 4.74 Å². The van der Waals surface area contributed by atoms with Crippen molar-refractivity contribution in [1.82, 2.24) is 4.57 Å². The second kappa shape index (κ2) is 9.64. The summed E-state index contributed by atoms with van der Waals surface area (Å²) in [6.07, 6.45) is 3.83. The quantitative estimate of drug-likeness (QED) is 0.341. The van der Waals surface area contributed by atoms with E-state index in [0.29, 0.717) is 17.1 Å². The highest BCUT2D eigenvalue weighted by Crippen LogP contribution is 2.41. The van der Waals surface area contributed by atoms with Gasteiger partial charge in [0.2, 0.25) is 0 Å². The lowest BCUT2D eigenvalue weighted by atomic mass is 9.83. The monoisotopic (exact) mass is 506 g/mol. The highest BCUT2D eigenvalue weighted by Gasteiger charge is 2.32. The summed E-state index contributed by atoms with van der Waals surface area (Å²) in [7, 11) is 0. The number of thiazole rings is 1. The molecule has 37 heavy (non-hydrogen) atoms. The second-order valence-electron chi connectivity index (χ2n) is 9.94. The van der Waals surface area contributed by atoms with Crippen molar-refractivity contribution in [3.8, 4) is 5.75 Å². The van der Waals surface area contributed by atoms with E-state index in [1.165, 1.54) is 33.6 Å². The number of ether oxygens (including phenoxy) is 1. The lowest BCUT2D eigenvalue weighted by Gasteiger charge is -2.30. The van der Waals surface area contributed by atoms with Crippen LogP contribution >= 0.6 is 11.3 Å². The third kappa shape index (κ3) is 4.27. The Bertz CT molecular complexity index is 1670. The number of aryl methyl sites for hydroxylation is 1. The maximum Gasteiger partial charge on any atom is 0.271 e. The van der Waals surface area contributed by atoms with E-state index in [4.69, 9.17) is 9.73 Å². The summed E-state index contributed by atoms with van der Waals surface area (Å²) in [6.45, 7) is 6.99. The molecule has 1 atom stereocenters. The summed E-state index contributed by atoms with van der Waals surface area (Å²) < 4.78 is 8.30. The first kappa shape index (κ1) is 23.7. The predicted molar refractivity (Wildman–Crippen MR) is 151 cm³/mol. The molecule has 3 aromatic carbocycles. The van der Waals surface area contributed by atoms with E-state index in [9.17, 15) is 4.79 Å². The SMILES string of the molecule is CCOc1ccc(C2C3=C(N=c4sc(=Cc5ccc(C(C)C)cc5)c(=O)n42)c2ccccc2CC3)cc1. The van der Waals surface area contributed by atoms with Crippen molar-refractivity contribution >= 4 is 23.1 Å². The van der Waals surface area contributed by atoms with Crippen LogP contribution in [-0.2, 0) is 6.42 Å². The van der Waals surface area contributed by atoms with Crippen LogP contribution in [0.4, 0.5) is 0 Å². The Balaban J connectivity index is 1.54. The minimum Gasteiger partial charge on any atom is -0.494 e. The number of allylic oxidation sites excluding steroid dienone is 1. The van der Waals surface area contributed by atoms with Crippen LogP contribution in [0.2, 0.25) is 0 Å². The molecule has 0 radical (unpaired) electrons. The zero-order valence-electron chi connectivity index (χ0n) is 21.4. The zero-order chi connectivity index (χ0) is 25.5. The molecule has 5 heteroatoms. The first-order valence-corrected chi connectivity index (χ1v) is 13.8. The van der Waals surface area contributed by atoms with E-state index in [-0.39, 0.29) is 11.6 Å². The van der Waals surface area contributed by atoms with Gasteiger partial charge < -0.3 is 4.74 Å². The fourth-order valence-corrected chi connectivity index (χ4v) is 6.36. The standard InChI is InChI=1S/C32H30N2O2S/c1-4-36-25-16-13-24(14-17-25)30-27-18-15-23-7-5-6-8-26(23)29(27)33-32-34(30)31(35)28(37-32)19-21-9-11-22(12-10-21)20(2)3/h5-14,16-17,19-20,30H,4,15,18H2,1-3H3. The minimum absolute atomic E-state index is 0.0148. The molecule has 6 rings (SSSR count). The van der Waals surface area contributed by atoms with Crippen LogP contribution in [0.3, 0.4) is 0 Å². The molecular formula is C32H30N2O2S. The fraction of sp³-hybridized carbons (Fsp3) is 0.250. The minimum atomic E-state index is -0.180. The van der Waals surface area contributed by atoms with Gasteiger partial charge in [-0.25, -0.2) is 4.99 Å². The van der Waals surface area contributed by atoms with Crippen LogP contribution in [0.15, 0.2) is 88.2 Å². The largest absolute Gasteiger partial charge is 0.494 e. The van der Waals surface area contributed by atoms with Gasteiger partial charge in [0.1, 0.15) is 5.75 Å². The van der Waals surface area contributed by atoms with E-state index in [1.54, 1.807) is 0 Å². The van der Waals surface area contributed by atoms with E-state index in [0.717, 1.165) is 40.2 Å². The number of aromatic nitrogens is 1. The van der Waals surface area contributed by atoms with Crippen LogP contribution in [0, 0.1) is 0 Å². The predicted octanol–water partition coefficient (Wildman–Crippen LogP) is 5.84. The Labute approximate surface area is 220 Å². The Morgan fingerprint density at radius 1 is 1.03 bits per heavy atom. The maximum absolute atomic E-state index is 13.9. The van der Waals surface area contributed by atoms with Crippen LogP contribution in [0.1, 0.15) is 67.0 Å². The summed E-state index contributed by atoms with van der Waals surface area (Å²) in [6, 6.07) is 25.0. The van der Waals surface area contributed by atoms with Gasteiger partial charge >= 0.3 is 0 Å². The Morgan fingerprint density at radius 2 is 1.78 bits per heavy atom. The number of rotatable bonds is 5. The number of benzene rings is 3. The first-order valence-electron chi connectivity index (χ1n) is 13.0. The van der Waals surface area contributed by atoms with E-state index in [2.05, 4.69) is 74.5 Å². The second-order valence-corrected chi connectivity index (χ2v) is 10.9. The molecule has 0 fully saturated rings. The number of hydrogen-bond acceptors (Lipinski definition) is 4. The average Bonchev–Trinajstić information content (AvgIpc) is 3.22. The van der Waals surface area contributed by atoms with Crippen LogP contribution < -0.4 is 19.6 Å². The van der Waals surface area contributed by atoms with Crippen molar-refractivity contribution in [2.75, 3.05) is 6.61 Å². The molecule has 0 saturated carbocycles. The first-order chi connectivity index (χ1) is 18.0. The van der Waals surface area contributed by atoms with E-state index in [1.807, 2.05) is 29.7 Å². The van der Waals surface area contributed by atoms with Crippen molar-refractivity contribution in [3.63, 3.8) is 0 Å². The average molecular weight is 507 g/mol. The molecule has 2 heterocycles. The highest BCUT2D eigenvalue weighted by atomic mass is 32.1. The molecule has 4 nitrogen and oxygen atoms in total. The third-order valence-electron chi connectivity index (χ3n) is 7.28. The van der Waals surface area contributed by atoms with Crippen LogP contribution in [-0.4, -0.2) is 11.2 Å². The maximum atomic E-state index is 13.9. The molecule has 4 aromatic rings. The number of nitrogens with zero attached hydrogens (tertiary/aromatic N) is 2. The molecule has 1 aliphatic carbocycles. The van der Waals surface area contributed by atoms with Gasteiger partial charge in [0.05, 0.1) is 22.9 Å². The molecule has 0 bridgehead atoms. The molecule has 186 valence electrons. The topological polar surface area (TPSA) is 43.6 Å². The van der Waals surface area contributed by atoms with Crippen molar-refractivity contribution in [3.05, 3.63) is 126 Å². The van der Waals surface area contributed by atoms with Gasteiger partial charge in [-0.15, -0.1) is 0 Å². The molecule has 2 aliphatic rings. The molecule has 0 N–H and O–H groups in total. The summed E-state index contributed by atoms with van der Waals surface area (Å²) in [5, 5.41) is 0. The Hall–Kier alpha value is -3.70. The van der Waals surface area contributed by atoms with E-state index >= 15 is 0 Å². The van der Waals surface area contributed by atoms with Crippen LogP contribution in [0.5, 0.6) is 5.75 Å². The number of hydrogen-bond donors (Lipinski definition) is 0. The lowest BCUT2D eigenvalue weighted by Crippen LogP contribution is -2.38. The third-order valence-corrected chi connectivity index (χ3v) is 8.26. The van der Waals surface area contributed by atoms with Crippen molar-refractivity contribution in [2.45, 2.75) is 45.6 Å². The molecule has 0 amide bonds. The normalized spacial score (nSPS) is 16.8. The fourth-order valence-electron chi connectivity index (χ4n) is 5.36. The van der Waals surface area contributed by atoms with Gasteiger partial charge in [-0.05, 0) is 71.7 Å².